The Balaban J connectivity index is 1.46. The van der Waals surface area contributed by atoms with Crippen molar-refractivity contribution in [3.05, 3.63) is 65.7 Å². The molecule has 1 aliphatic heterocycles. The molecule has 0 saturated carbocycles. The standard InChI is InChI=1S/C24H23N3O5/c1-14(2)22(26-23(29)16-8-10-20-21(11-16)32-13-31-20)24(30)27-25-12-18-17-6-4-3-5-15(17)7-9-19(18)28/h3-12,14,22,28H,13H2,1-2H3,(H,26,29)(H,27,30)/b25-12+/t22-/m1/s1. The van der Waals surface area contributed by atoms with Crippen LogP contribution in [0.2, 0.25) is 0 Å². The normalized spacial score (nSPS) is 13.5. The van der Waals surface area contributed by atoms with Gasteiger partial charge in [-0.1, -0.05) is 44.2 Å². The summed E-state index contributed by atoms with van der Waals surface area (Å²) in [4.78, 5) is 25.4. The molecule has 0 radical (unpaired) electrons. The highest BCUT2D eigenvalue weighted by molar-refractivity contribution is 6.03. The van der Waals surface area contributed by atoms with Crippen LogP contribution in [0.3, 0.4) is 0 Å². The van der Waals surface area contributed by atoms with Gasteiger partial charge in [0, 0.05) is 11.1 Å². The van der Waals surface area contributed by atoms with Gasteiger partial charge in [-0.2, -0.15) is 5.10 Å². The summed E-state index contributed by atoms with van der Waals surface area (Å²) >= 11 is 0. The van der Waals surface area contributed by atoms with E-state index in [0.717, 1.165) is 10.8 Å². The van der Waals surface area contributed by atoms with E-state index in [1.54, 1.807) is 30.3 Å². The molecule has 0 aliphatic carbocycles. The van der Waals surface area contributed by atoms with E-state index in [2.05, 4.69) is 15.8 Å². The second kappa shape index (κ2) is 8.97. The lowest BCUT2D eigenvalue weighted by molar-refractivity contribution is -0.123. The maximum absolute atomic E-state index is 12.7. The van der Waals surface area contributed by atoms with Gasteiger partial charge in [0.2, 0.25) is 6.79 Å². The number of phenols is 1. The van der Waals surface area contributed by atoms with Gasteiger partial charge in [-0.15, -0.1) is 0 Å². The van der Waals surface area contributed by atoms with Crippen molar-refractivity contribution in [2.45, 2.75) is 19.9 Å². The monoisotopic (exact) mass is 433 g/mol. The van der Waals surface area contributed by atoms with E-state index >= 15 is 0 Å². The quantitative estimate of drug-likeness (QED) is 0.409. The van der Waals surface area contributed by atoms with Gasteiger partial charge in [0.25, 0.3) is 11.8 Å². The summed E-state index contributed by atoms with van der Waals surface area (Å²) in [5.74, 6) is 0.0543. The number of nitrogens with zero attached hydrogens (tertiary/aromatic N) is 1. The van der Waals surface area contributed by atoms with Crippen LogP contribution in [0.4, 0.5) is 0 Å². The fourth-order valence-electron chi connectivity index (χ4n) is 3.45. The average Bonchev–Trinajstić information content (AvgIpc) is 3.26. The molecule has 1 aliphatic rings. The maximum Gasteiger partial charge on any atom is 0.262 e. The number of phenolic OH excluding ortho intramolecular Hbond substituents is 1. The number of hydrazone groups is 1. The molecule has 4 rings (SSSR count). The van der Waals surface area contributed by atoms with Gasteiger partial charge >= 0.3 is 0 Å². The van der Waals surface area contributed by atoms with Crippen LogP contribution in [0.15, 0.2) is 59.7 Å². The summed E-state index contributed by atoms with van der Waals surface area (Å²) in [5, 5.41) is 18.7. The van der Waals surface area contributed by atoms with Crippen LogP contribution in [-0.2, 0) is 4.79 Å². The molecular weight excluding hydrogens is 410 g/mol. The van der Waals surface area contributed by atoms with E-state index in [4.69, 9.17) is 9.47 Å². The third-order valence-corrected chi connectivity index (χ3v) is 5.19. The molecule has 8 heteroatoms. The molecule has 2 amide bonds. The van der Waals surface area contributed by atoms with Crippen LogP contribution in [0, 0.1) is 5.92 Å². The van der Waals surface area contributed by atoms with E-state index in [-0.39, 0.29) is 18.5 Å². The van der Waals surface area contributed by atoms with Gasteiger partial charge in [0.15, 0.2) is 11.5 Å². The number of benzene rings is 3. The van der Waals surface area contributed by atoms with Crippen molar-refractivity contribution in [1.29, 1.82) is 0 Å². The largest absolute Gasteiger partial charge is 0.507 e. The minimum atomic E-state index is -0.814. The summed E-state index contributed by atoms with van der Waals surface area (Å²) < 4.78 is 10.6. The van der Waals surface area contributed by atoms with Crippen molar-refractivity contribution < 1.29 is 24.2 Å². The SMILES string of the molecule is CC(C)[C@@H](NC(=O)c1ccc2c(c1)OCO2)C(=O)N/N=C/c1c(O)ccc2ccccc12. The fraction of sp³-hybridized carbons (Fsp3) is 0.208. The molecule has 3 aromatic rings. The van der Waals surface area contributed by atoms with Crippen LogP contribution in [0.25, 0.3) is 10.8 Å². The highest BCUT2D eigenvalue weighted by atomic mass is 16.7. The number of hydrogen-bond donors (Lipinski definition) is 3. The first-order chi connectivity index (χ1) is 15.4. The molecule has 8 nitrogen and oxygen atoms in total. The minimum absolute atomic E-state index is 0.0539. The molecule has 1 heterocycles. The minimum Gasteiger partial charge on any atom is -0.507 e. The third kappa shape index (κ3) is 4.34. The highest BCUT2D eigenvalue weighted by Crippen LogP contribution is 2.32. The average molecular weight is 433 g/mol. The predicted octanol–water partition coefficient (Wildman–Crippen LogP) is 3.18. The van der Waals surface area contributed by atoms with E-state index in [9.17, 15) is 14.7 Å². The summed E-state index contributed by atoms with van der Waals surface area (Å²) in [6.07, 6.45) is 1.40. The second-order valence-electron chi connectivity index (χ2n) is 7.72. The Bertz CT molecular complexity index is 1210. The van der Waals surface area contributed by atoms with Gasteiger partial charge in [-0.3, -0.25) is 9.59 Å². The lowest BCUT2D eigenvalue weighted by Crippen LogP contribution is -2.48. The summed E-state index contributed by atoms with van der Waals surface area (Å²) in [7, 11) is 0. The van der Waals surface area contributed by atoms with E-state index < -0.39 is 17.9 Å². The van der Waals surface area contributed by atoms with Crippen molar-refractivity contribution in [3.63, 3.8) is 0 Å². The smallest absolute Gasteiger partial charge is 0.262 e. The lowest BCUT2D eigenvalue weighted by Gasteiger charge is -2.20. The Kier molecular flexibility index (Phi) is 5.93. The molecule has 32 heavy (non-hydrogen) atoms. The Hall–Kier alpha value is -4.07. The molecule has 0 aromatic heterocycles. The number of carbonyl (C=O) groups excluding carboxylic acids is 2. The van der Waals surface area contributed by atoms with Crippen LogP contribution in [0.1, 0.15) is 29.8 Å². The molecule has 0 spiro atoms. The first kappa shape index (κ1) is 21.2. The second-order valence-corrected chi connectivity index (χ2v) is 7.72. The number of amides is 2. The fourth-order valence-corrected chi connectivity index (χ4v) is 3.45. The van der Waals surface area contributed by atoms with Crippen molar-refractivity contribution >= 4 is 28.8 Å². The Morgan fingerprint density at radius 2 is 1.84 bits per heavy atom. The molecule has 3 aromatic carbocycles. The van der Waals surface area contributed by atoms with Crippen LogP contribution < -0.4 is 20.2 Å². The Morgan fingerprint density at radius 1 is 1.06 bits per heavy atom. The number of hydrogen-bond acceptors (Lipinski definition) is 6. The van der Waals surface area contributed by atoms with Gasteiger partial charge in [0.1, 0.15) is 11.8 Å². The van der Waals surface area contributed by atoms with Crippen LogP contribution in [0.5, 0.6) is 17.2 Å². The van der Waals surface area contributed by atoms with Crippen molar-refractivity contribution in [1.82, 2.24) is 10.7 Å². The Labute approximate surface area is 184 Å². The summed E-state index contributed by atoms with van der Waals surface area (Å²) in [6.45, 7) is 3.76. The molecule has 0 saturated heterocycles. The Morgan fingerprint density at radius 3 is 2.66 bits per heavy atom. The maximum atomic E-state index is 12.7. The topological polar surface area (TPSA) is 109 Å². The van der Waals surface area contributed by atoms with Crippen molar-refractivity contribution in [2.24, 2.45) is 11.0 Å². The zero-order chi connectivity index (χ0) is 22.7. The molecule has 0 fully saturated rings. The van der Waals surface area contributed by atoms with E-state index in [0.29, 0.717) is 22.6 Å². The lowest BCUT2D eigenvalue weighted by atomic mass is 10.0. The van der Waals surface area contributed by atoms with Gasteiger partial charge in [-0.25, -0.2) is 5.43 Å². The number of ether oxygens (including phenoxy) is 2. The van der Waals surface area contributed by atoms with Gasteiger partial charge in [-0.05, 0) is 41.0 Å². The zero-order valence-electron chi connectivity index (χ0n) is 17.7. The molecule has 0 unspecified atom stereocenters. The number of aromatic hydroxyl groups is 1. The number of carbonyl (C=O) groups is 2. The third-order valence-electron chi connectivity index (χ3n) is 5.19. The van der Waals surface area contributed by atoms with E-state index in [1.807, 2.05) is 38.1 Å². The van der Waals surface area contributed by atoms with E-state index in [1.165, 1.54) is 6.21 Å². The molecule has 164 valence electrons. The van der Waals surface area contributed by atoms with Gasteiger partial charge in [0.05, 0.1) is 6.21 Å². The number of fused-ring (bicyclic) bond motifs is 2. The number of rotatable bonds is 6. The molecular formula is C24H23N3O5. The first-order valence-corrected chi connectivity index (χ1v) is 10.2. The zero-order valence-corrected chi connectivity index (χ0v) is 17.7. The van der Waals surface area contributed by atoms with Crippen molar-refractivity contribution in [2.75, 3.05) is 6.79 Å². The van der Waals surface area contributed by atoms with Crippen LogP contribution in [-0.4, -0.2) is 36.0 Å². The van der Waals surface area contributed by atoms with Crippen molar-refractivity contribution in [3.8, 4) is 17.2 Å². The summed E-state index contributed by atoms with van der Waals surface area (Å²) in [5.41, 5.74) is 3.32. The van der Waals surface area contributed by atoms with Gasteiger partial charge < -0.3 is 19.9 Å². The first-order valence-electron chi connectivity index (χ1n) is 10.2. The predicted molar refractivity (Wildman–Crippen MR) is 120 cm³/mol. The number of nitrogens with one attached hydrogen (secondary N) is 2. The molecule has 1 atom stereocenters. The summed E-state index contributed by atoms with van der Waals surface area (Å²) in [6, 6.07) is 15.0. The van der Waals surface area contributed by atoms with Crippen LogP contribution >= 0.6 is 0 Å². The molecule has 3 N–H and O–H groups in total. The molecule has 0 bridgehead atoms. The highest BCUT2D eigenvalue weighted by Gasteiger charge is 2.25.